The van der Waals surface area contributed by atoms with Crippen LogP contribution in [0.2, 0.25) is 0 Å². The Labute approximate surface area is 202 Å². The summed E-state index contributed by atoms with van der Waals surface area (Å²) >= 11 is 0. The monoisotopic (exact) mass is 495 g/mol. The highest BCUT2D eigenvalue weighted by Crippen LogP contribution is 2.66. The molecule has 0 radical (unpaired) electrons. The van der Waals surface area contributed by atoms with Gasteiger partial charge in [-0.3, -0.25) is 9.48 Å². The molecule has 0 unspecified atom stereocenters. The maximum Gasteiger partial charge on any atom is 0.436 e. The van der Waals surface area contributed by atoms with Gasteiger partial charge in [0.05, 0.1) is 12.1 Å². The Hall–Kier alpha value is -1.95. The standard InChI is InChI=1S/C26H33F4N3O2/c1-23(35)9-10-25(27)16(11-23)3-4-17-18-5-6-20(24(18,2)8-7-19(17)25)21(34)14-33-13-15(12-31)22(32-33)26(28,29)30/h13,16-20,35H,3-11,14H2,1-2H3/t16-,17+,18+,19+,20-,23-,24+,25-/m1/s1. The molecule has 1 N–H and O–H groups in total. The van der Waals surface area contributed by atoms with Gasteiger partial charge in [-0.1, -0.05) is 6.92 Å². The molecule has 4 aliphatic rings. The molecule has 0 bridgehead atoms. The van der Waals surface area contributed by atoms with E-state index >= 15 is 4.39 Å². The predicted molar refractivity (Wildman–Crippen MR) is 119 cm³/mol. The number of ketones is 1. The van der Waals surface area contributed by atoms with E-state index in [1.165, 1.54) is 6.07 Å². The molecule has 4 fully saturated rings. The zero-order valence-corrected chi connectivity index (χ0v) is 20.2. The highest BCUT2D eigenvalue weighted by Gasteiger charge is 2.63. The van der Waals surface area contributed by atoms with Crippen molar-refractivity contribution < 1.29 is 27.5 Å². The third kappa shape index (κ3) is 3.91. The number of hydrogen-bond acceptors (Lipinski definition) is 4. The van der Waals surface area contributed by atoms with Crippen LogP contribution in [0.15, 0.2) is 6.20 Å². The van der Waals surface area contributed by atoms with Crippen molar-refractivity contribution in [2.24, 2.45) is 35.0 Å². The van der Waals surface area contributed by atoms with Gasteiger partial charge >= 0.3 is 6.18 Å². The Bertz CT molecular complexity index is 1060. The van der Waals surface area contributed by atoms with Gasteiger partial charge in [-0.05, 0) is 93.8 Å². The molecule has 0 saturated heterocycles. The quantitative estimate of drug-likeness (QED) is 0.566. The summed E-state index contributed by atoms with van der Waals surface area (Å²) in [6.07, 6.45) is 2.16. The molecular weight excluding hydrogens is 462 g/mol. The second-order valence-corrected chi connectivity index (χ2v) is 12.1. The van der Waals surface area contributed by atoms with E-state index in [1.807, 2.05) is 0 Å². The number of hydrogen-bond donors (Lipinski definition) is 1. The summed E-state index contributed by atoms with van der Waals surface area (Å²) < 4.78 is 56.9. The van der Waals surface area contributed by atoms with Crippen LogP contribution in [0.5, 0.6) is 0 Å². The lowest BCUT2D eigenvalue weighted by Gasteiger charge is -2.59. The first-order valence-corrected chi connectivity index (χ1v) is 12.8. The number of aliphatic hydroxyl groups is 1. The molecule has 4 saturated carbocycles. The van der Waals surface area contributed by atoms with Gasteiger partial charge in [-0.25, -0.2) is 4.39 Å². The number of nitrogens with zero attached hydrogens (tertiary/aromatic N) is 3. The Morgan fingerprint density at radius 1 is 1.17 bits per heavy atom. The number of carbonyl (C=O) groups excluding carboxylic acids is 1. The Kier molecular flexibility index (Phi) is 5.67. The number of aromatic nitrogens is 2. The molecule has 0 spiro atoms. The summed E-state index contributed by atoms with van der Waals surface area (Å²) in [6.45, 7) is 3.62. The predicted octanol–water partition coefficient (Wildman–Crippen LogP) is 5.45. The summed E-state index contributed by atoms with van der Waals surface area (Å²) in [6, 6.07) is 1.51. The molecule has 0 aliphatic heterocycles. The number of rotatable bonds is 3. The zero-order valence-electron chi connectivity index (χ0n) is 20.2. The normalized spacial score (nSPS) is 43.1. The van der Waals surface area contributed by atoms with Crippen molar-refractivity contribution in [3.8, 4) is 6.07 Å². The van der Waals surface area contributed by atoms with Crippen molar-refractivity contribution in [1.82, 2.24) is 9.78 Å². The van der Waals surface area contributed by atoms with Gasteiger partial charge in [0, 0.05) is 12.1 Å². The van der Waals surface area contributed by atoms with Crippen LogP contribution in [0.1, 0.15) is 82.9 Å². The van der Waals surface area contributed by atoms with E-state index in [4.69, 9.17) is 5.26 Å². The zero-order chi connectivity index (χ0) is 25.4. The number of nitriles is 1. The van der Waals surface area contributed by atoms with Crippen LogP contribution in [0, 0.1) is 46.3 Å². The molecule has 5 rings (SSSR count). The first kappa shape index (κ1) is 24.7. The lowest BCUT2D eigenvalue weighted by molar-refractivity contribution is -0.166. The molecule has 0 amide bonds. The molecule has 4 aliphatic carbocycles. The lowest BCUT2D eigenvalue weighted by Crippen LogP contribution is -2.58. The van der Waals surface area contributed by atoms with Gasteiger partial charge in [0.2, 0.25) is 0 Å². The average molecular weight is 496 g/mol. The summed E-state index contributed by atoms with van der Waals surface area (Å²) in [5, 5.41) is 23.1. The summed E-state index contributed by atoms with van der Waals surface area (Å²) in [7, 11) is 0. The van der Waals surface area contributed by atoms with E-state index in [0.29, 0.717) is 32.1 Å². The van der Waals surface area contributed by atoms with Gasteiger partial charge in [-0.2, -0.15) is 23.5 Å². The van der Waals surface area contributed by atoms with Gasteiger partial charge in [0.25, 0.3) is 0 Å². The fourth-order valence-electron chi connectivity index (χ4n) is 8.57. The molecule has 5 nitrogen and oxygen atoms in total. The number of Topliss-reactive ketones (excluding diaryl/α,β-unsaturated/α-hetero) is 1. The summed E-state index contributed by atoms with van der Waals surface area (Å²) in [4.78, 5) is 13.3. The number of halogens is 4. The van der Waals surface area contributed by atoms with Crippen LogP contribution in [0.3, 0.4) is 0 Å². The van der Waals surface area contributed by atoms with Crippen molar-refractivity contribution in [2.45, 2.75) is 95.6 Å². The van der Waals surface area contributed by atoms with E-state index in [-0.39, 0.29) is 47.3 Å². The molecule has 1 heterocycles. The maximum atomic E-state index is 16.5. The second-order valence-electron chi connectivity index (χ2n) is 12.1. The number of fused-ring (bicyclic) bond motifs is 5. The fourth-order valence-corrected chi connectivity index (χ4v) is 8.57. The molecule has 0 aromatic carbocycles. The van der Waals surface area contributed by atoms with Crippen molar-refractivity contribution in [3.63, 3.8) is 0 Å². The van der Waals surface area contributed by atoms with Crippen LogP contribution in [-0.2, 0) is 17.5 Å². The molecule has 8 atom stereocenters. The Balaban J connectivity index is 1.33. The number of alkyl halides is 4. The topological polar surface area (TPSA) is 78.9 Å². The third-order valence-electron chi connectivity index (χ3n) is 10.2. The molecular formula is C26H33F4N3O2. The summed E-state index contributed by atoms with van der Waals surface area (Å²) in [5.74, 6) is -0.230. The highest BCUT2D eigenvalue weighted by molar-refractivity contribution is 5.82. The first-order chi connectivity index (χ1) is 16.3. The van der Waals surface area contributed by atoms with Gasteiger partial charge < -0.3 is 5.11 Å². The van der Waals surface area contributed by atoms with E-state index in [0.717, 1.165) is 36.6 Å². The van der Waals surface area contributed by atoms with E-state index in [1.54, 1.807) is 6.92 Å². The Morgan fingerprint density at radius 2 is 1.91 bits per heavy atom. The van der Waals surface area contributed by atoms with Crippen molar-refractivity contribution in [1.29, 1.82) is 5.26 Å². The lowest BCUT2D eigenvalue weighted by atomic mass is 9.48. The maximum absolute atomic E-state index is 16.5. The van der Waals surface area contributed by atoms with Crippen LogP contribution in [0.4, 0.5) is 17.6 Å². The van der Waals surface area contributed by atoms with Crippen LogP contribution in [-0.4, -0.2) is 31.9 Å². The molecule has 35 heavy (non-hydrogen) atoms. The van der Waals surface area contributed by atoms with Crippen LogP contribution >= 0.6 is 0 Å². The van der Waals surface area contributed by atoms with Crippen LogP contribution in [0.25, 0.3) is 0 Å². The van der Waals surface area contributed by atoms with Crippen molar-refractivity contribution in [3.05, 3.63) is 17.5 Å². The minimum Gasteiger partial charge on any atom is -0.390 e. The summed E-state index contributed by atoms with van der Waals surface area (Å²) in [5.41, 5.74) is -4.21. The average Bonchev–Trinajstić information content (AvgIpc) is 3.34. The molecule has 1 aromatic heterocycles. The first-order valence-electron chi connectivity index (χ1n) is 12.8. The third-order valence-corrected chi connectivity index (χ3v) is 10.2. The van der Waals surface area contributed by atoms with Crippen LogP contribution < -0.4 is 0 Å². The number of carbonyl (C=O) groups is 1. The fraction of sp³-hybridized carbons (Fsp3) is 0.808. The largest absolute Gasteiger partial charge is 0.436 e. The van der Waals surface area contributed by atoms with Crippen molar-refractivity contribution in [2.75, 3.05) is 0 Å². The second kappa shape index (κ2) is 8.03. The minimum atomic E-state index is -4.75. The van der Waals surface area contributed by atoms with Gasteiger partial charge in [0.15, 0.2) is 11.5 Å². The van der Waals surface area contributed by atoms with Gasteiger partial charge in [0.1, 0.15) is 17.3 Å². The van der Waals surface area contributed by atoms with E-state index in [2.05, 4.69) is 12.0 Å². The molecule has 192 valence electrons. The highest BCUT2D eigenvalue weighted by atomic mass is 19.4. The molecule has 9 heteroatoms. The minimum absolute atomic E-state index is 0.0528. The Morgan fingerprint density at radius 3 is 2.57 bits per heavy atom. The SMILES string of the molecule is C[C@@]1(O)CC[C@@]2(F)[C@H](CC[C@H]3[C@@H]4CC[C@H](C(=O)Cn5cc(C#N)c(C(F)(F)F)n5)[C@@]4(C)CC[C@@H]32)C1. The smallest absolute Gasteiger partial charge is 0.390 e. The van der Waals surface area contributed by atoms with Gasteiger partial charge in [-0.15, -0.1) is 0 Å². The van der Waals surface area contributed by atoms with E-state index < -0.39 is 28.7 Å². The van der Waals surface area contributed by atoms with Crippen molar-refractivity contribution >= 4 is 5.78 Å². The van der Waals surface area contributed by atoms with E-state index in [9.17, 15) is 23.1 Å². The molecule has 1 aromatic rings.